The van der Waals surface area contributed by atoms with Crippen molar-refractivity contribution in [1.82, 2.24) is 0 Å². The van der Waals surface area contributed by atoms with Crippen molar-refractivity contribution >= 4 is 17.9 Å². The molecule has 0 saturated heterocycles. The van der Waals surface area contributed by atoms with Crippen molar-refractivity contribution in [2.45, 2.75) is 239 Å². The predicted molar refractivity (Wildman–Crippen MR) is 247 cm³/mol. The Morgan fingerprint density at radius 3 is 1.05 bits per heavy atom. The van der Waals surface area contributed by atoms with Crippen LogP contribution in [0, 0.1) is 0 Å². The fourth-order valence-corrected chi connectivity index (χ4v) is 6.69. The van der Waals surface area contributed by atoms with Crippen LogP contribution in [0.25, 0.3) is 0 Å². The maximum Gasteiger partial charge on any atom is 0.309 e. The van der Waals surface area contributed by atoms with Gasteiger partial charge in [-0.25, -0.2) is 0 Å². The molecule has 0 aliphatic rings. The number of esters is 3. The van der Waals surface area contributed by atoms with Crippen LogP contribution in [0.5, 0.6) is 0 Å². The van der Waals surface area contributed by atoms with Crippen LogP contribution in [0.3, 0.4) is 0 Å². The van der Waals surface area contributed by atoms with Gasteiger partial charge in [-0.05, 0) is 44.9 Å². The zero-order valence-corrected chi connectivity index (χ0v) is 38.0. The van der Waals surface area contributed by atoms with E-state index in [9.17, 15) is 14.4 Å². The summed E-state index contributed by atoms with van der Waals surface area (Å²) in [5, 5.41) is 0. The summed E-state index contributed by atoms with van der Waals surface area (Å²) in [5.74, 6) is -1.03. The first-order chi connectivity index (χ1) is 28.5. The van der Waals surface area contributed by atoms with Gasteiger partial charge in [0.25, 0.3) is 0 Å². The van der Waals surface area contributed by atoms with Crippen molar-refractivity contribution in [2.24, 2.45) is 0 Å². The maximum absolute atomic E-state index is 12.7. The fraction of sp³-hybridized carbons (Fsp3) is 0.750. The van der Waals surface area contributed by atoms with Crippen LogP contribution in [0.15, 0.2) is 60.8 Å². The molecule has 0 saturated carbocycles. The Bertz CT molecular complexity index is 1070. The lowest BCUT2D eigenvalue weighted by molar-refractivity contribution is -0.166. The van der Waals surface area contributed by atoms with Crippen molar-refractivity contribution in [1.29, 1.82) is 0 Å². The second-order valence-electron chi connectivity index (χ2n) is 16.0. The monoisotopic (exact) mass is 811 g/mol. The van der Waals surface area contributed by atoms with Crippen molar-refractivity contribution in [3.8, 4) is 0 Å². The highest BCUT2D eigenvalue weighted by Crippen LogP contribution is 2.15. The molecule has 0 spiro atoms. The number of carbonyl (C=O) groups excluding carboxylic acids is 3. The highest BCUT2D eigenvalue weighted by atomic mass is 16.6. The fourth-order valence-electron chi connectivity index (χ4n) is 6.69. The van der Waals surface area contributed by atoms with Gasteiger partial charge in [0.1, 0.15) is 13.2 Å². The van der Waals surface area contributed by atoms with E-state index in [0.29, 0.717) is 12.8 Å². The van der Waals surface area contributed by atoms with E-state index in [0.717, 1.165) is 70.6 Å². The van der Waals surface area contributed by atoms with Gasteiger partial charge in [-0.1, -0.05) is 229 Å². The number of allylic oxidation sites excluding steroid dienone is 9. The first-order valence-corrected chi connectivity index (χ1v) is 24.3. The van der Waals surface area contributed by atoms with Gasteiger partial charge in [0, 0.05) is 12.8 Å². The lowest BCUT2D eigenvalue weighted by Gasteiger charge is -2.18. The van der Waals surface area contributed by atoms with Gasteiger partial charge in [-0.3, -0.25) is 14.4 Å². The third kappa shape index (κ3) is 44.2. The molecule has 0 aliphatic carbocycles. The van der Waals surface area contributed by atoms with E-state index in [4.69, 9.17) is 14.2 Å². The zero-order valence-electron chi connectivity index (χ0n) is 38.0. The van der Waals surface area contributed by atoms with Gasteiger partial charge in [-0.15, -0.1) is 0 Å². The molecular formula is C52H90O6. The number of carbonyl (C=O) groups is 3. The molecule has 0 heterocycles. The Kier molecular flexibility index (Phi) is 44.5. The van der Waals surface area contributed by atoms with Gasteiger partial charge in [0.2, 0.25) is 0 Å². The molecule has 0 aromatic rings. The predicted octanol–water partition coefficient (Wildman–Crippen LogP) is 15.7. The number of hydrogen-bond acceptors (Lipinski definition) is 6. The number of rotatable bonds is 43. The maximum atomic E-state index is 12.7. The topological polar surface area (TPSA) is 78.9 Å². The Morgan fingerprint density at radius 1 is 0.362 bits per heavy atom. The van der Waals surface area contributed by atoms with Crippen LogP contribution in [0.2, 0.25) is 0 Å². The Labute approximate surface area is 358 Å². The molecular weight excluding hydrogens is 721 g/mol. The van der Waals surface area contributed by atoms with Crippen LogP contribution in [-0.4, -0.2) is 37.2 Å². The largest absolute Gasteiger partial charge is 0.462 e. The highest BCUT2D eigenvalue weighted by molar-refractivity contribution is 5.72. The molecule has 1 atom stereocenters. The van der Waals surface area contributed by atoms with E-state index in [1.807, 2.05) is 6.08 Å². The van der Waals surface area contributed by atoms with Crippen molar-refractivity contribution in [2.75, 3.05) is 13.2 Å². The molecule has 6 heteroatoms. The molecule has 334 valence electrons. The molecule has 0 radical (unpaired) electrons. The third-order valence-corrected chi connectivity index (χ3v) is 10.3. The highest BCUT2D eigenvalue weighted by Gasteiger charge is 2.19. The van der Waals surface area contributed by atoms with E-state index in [1.54, 1.807) is 6.08 Å². The lowest BCUT2D eigenvalue weighted by Crippen LogP contribution is -2.30. The first kappa shape index (κ1) is 55.1. The van der Waals surface area contributed by atoms with Gasteiger partial charge in [-0.2, -0.15) is 0 Å². The summed E-state index contributed by atoms with van der Waals surface area (Å²) >= 11 is 0. The van der Waals surface area contributed by atoms with E-state index in [2.05, 4.69) is 69.4 Å². The minimum absolute atomic E-state index is 0.101. The zero-order chi connectivity index (χ0) is 42.3. The minimum Gasteiger partial charge on any atom is -0.462 e. The standard InChI is InChI=1S/C52H90O6/c1-4-7-10-13-16-19-22-24-26-28-30-33-36-39-42-45-51(54)57-48-49(47-56-50(53)44-41-38-35-32-29-21-18-15-12-9-6-3)58-52(55)46-43-40-37-34-31-27-25-23-20-17-14-11-8-5-2/h7,10,16,19,24,26,30,33,39,42,49H,4-6,8-9,11-15,17-18,20-23,25,27-29,31-32,34-38,40-41,43-48H2,1-3H3/b10-7-,19-16-,26-24-,33-30-,42-39-. The quantitative estimate of drug-likeness (QED) is 0.0264. The molecule has 0 fully saturated rings. The summed E-state index contributed by atoms with van der Waals surface area (Å²) in [6.07, 6.45) is 56.5. The number of ether oxygens (including phenoxy) is 3. The summed E-state index contributed by atoms with van der Waals surface area (Å²) in [7, 11) is 0. The van der Waals surface area contributed by atoms with Crippen LogP contribution in [0.1, 0.15) is 233 Å². The van der Waals surface area contributed by atoms with Gasteiger partial charge < -0.3 is 14.2 Å². The third-order valence-electron chi connectivity index (χ3n) is 10.3. The number of hydrogen-bond donors (Lipinski definition) is 0. The second kappa shape index (κ2) is 46.8. The van der Waals surface area contributed by atoms with E-state index in [-0.39, 0.29) is 31.6 Å². The molecule has 0 aromatic carbocycles. The SMILES string of the molecule is CC/C=C\C/C=C\C/C=C\C/C=C\C/C=C\CC(=O)OCC(COC(=O)CCCCCCCCCCCCC)OC(=O)CCCCCCCCCCCCCCCC. The number of unbranched alkanes of at least 4 members (excludes halogenated alkanes) is 23. The van der Waals surface area contributed by atoms with Gasteiger partial charge in [0.05, 0.1) is 6.42 Å². The summed E-state index contributed by atoms with van der Waals surface area (Å²) in [6.45, 7) is 6.43. The van der Waals surface area contributed by atoms with Crippen LogP contribution >= 0.6 is 0 Å². The van der Waals surface area contributed by atoms with Crippen molar-refractivity contribution in [3.63, 3.8) is 0 Å². The average molecular weight is 811 g/mol. The first-order valence-electron chi connectivity index (χ1n) is 24.3. The van der Waals surface area contributed by atoms with Gasteiger partial charge >= 0.3 is 17.9 Å². The normalized spacial score (nSPS) is 12.5. The molecule has 0 N–H and O–H groups in total. The molecule has 6 nitrogen and oxygen atoms in total. The second-order valence-corrected chi connectivity index (χ2v) is 16.0. The van der Waals surface area contributed by atoms with E-state index < -0.39 is 12.1 Å². The van der Waals surface area contributed by atoms with Crippen LogP contribution in [-0.2, 0) is 28.6 Å². The molecule has 0 rings (SSSR count). The van der Waals surface area contributed by atoms with E-state index in [1.165, 1.54) is 122 Å². The Morgan fingerprint density at radius 2 is 0.672 bits per heavy atom. The molecule has 0 amide bonds. The summed E-state index contributed by atoms with van der Waals surface area (Å²) < 4.78 is 16.6. The Balaban J connectivity index is 4.48. The van der Waals surface area contributed by atoms with Crippen LogP contribution in [0.4, 0.5) is 0 Å². The van der Waals surface area contributed by atoms with Crippen LogP contribution < -0.4 is 0 Å². The van der Waals surface area contributed by atoms with Crippen molar-refractivity contribution < 1.29 is 28.6 Å². The average Bonchev–Trinajstić information content (AvgIpc) is 3.22. The molecule has 1 unspecified atom stereocenters. The molecule has 58 heavy (non-hydrogen) atoms. The molecule has 0 aliphatic heterocycles. The molecule has 0 aromatic heterocycles. The van der Waals surface area contributed by atoms with Crippen molar-refractivity contribution in [3.05, 3.63) is 60.8 Å². The summed E-state index contributed by atoms with van der Waals surface area (Å²) in [4.78, 5) is 37.8. The summed E-state index contributed by atoms with van der Waals surface area (Å²) in [6, 6.07) is 0. The lowest BCUT2D eigenvalue weighted by atomic mass is 10.0. The molecule has 0 bridgehead atoms. The summed E-state index contributed by atoms with van der Waals surface area (Å²) in [5.41, 5.74) is 0. The minimum atomic E-state index is -0.808. The smallest absolute Gasteiger partial charge is 0.309 e. The Hall–Kier alpha value is -2.89. The van der Waals surface area contributed by atoms with E-state index >= 15 is 0 Å². The van der Waals surface area contributed by atoms with Gasteiger partial charge in [0.15, 0.2) is 6.10 Å².